The number of fused-ring (bicyclic) bond motifs is 1. The molecule has 3 nitrogen and oxygen atoms in total. The van der Waals surface area contributed by atoms with Crippen LogP contribution in [0.25, 0.3) is 33.3 Å². The second kappa shape index (κ2) is 5.54. The molecule has 1 N–H and O–H groups in total. The Balaban J connectivity index is 1.82. The number of rotatable bonds is 2. The summed E-state index contributed by atoms with van der Waals surface area (Å²) < 4.78 is 0. The molecule has 0 bridgehead atoms. The van der Waals surface area contributed by atoms with Crippen LogP contribution >= 0.6 is 0 Å². The first-order valence-corrected chi connectivity index (χ1v) is 7.41. The molecule has 0 aliphatic carbocycles. The summed E-state index contributed by atoms with van der Waals surface area (Å²) in [7, 11) is 0. The number of phenols is 1. The first-order valence-electron chi connectivity index (χ1n) is 7.41. The van der Waals surface area contributed by atoms with Crippen LogP contribution in [0.15, 0.2) is 79.1 Å². The molecule has 3 aromatic carbocycles. The molecule has 0 radical (unpaired) electrons. The SMILES string of the molecule is Oc1ccc(-c2ncc(-c3ccccc3)cn2)c2ccccc12. The molecular formula is C20H14N2O. The molecule has 0 fully saturated rings. The lowest BCUT2D eigenvalue weighted by Crippen LogP contribution is -1.91. The average molecular weight is 298 g/mol. The van der Waals surface area contributed by atoms with E-state index in [1.165, 1.54) is 0 Å². The number of aromatic hydroxyl groups is 1. The van der Waals surface area contributed by atoms with E-state index in [1.54, 1.807) is 6.07 Å². The van der Waals surface area contributed by atoms with Crippen molar-refractivity contribution in [3.8, 4) is 28.3 Å². The highest BCUT2D eigenvalue weighted by Crippen LogP contribution is 2.32. The zero-order valence-corrected chi connectivity index (χ0v) is 12.3. The molecule has 23 heavy (non-hydrogen) atoms. The summed E-state index contributed by atoms with van der Waals surface area (Å²) >= 11 is 0. The van der Waals surface area contributed by atoms with Crippen molar-refractivity contribution in [1.29, 1.82) is 0 Å². The van der Waals surface area contributed by atoms with E-state index in [9.17, 15) is 5.11 Å². The van der Waals surface area contributed by atoms with Gasteiger partial charge in [-0.05, 0) is 23.1 Å². The standard InChI is InChI=1S/C20H14N2O/c23-19-11-10-18(16-8-4-5-9-17(16)19)20-21-12-15(13-22-20)14-6-2-1-3-7-14/h1-13,23H. The van der Waals surface area contributed by atoms with Gasteiger partial charge in [-0.25, -0.2) is 9.97 Å². The van der Waals surface area contributed by atoms with Crippen LogP contribution < -0.4 is 0 Å². The van der Waals surface area contributed by atoms with Gasteiger partial charge < -0.3 is 5.11 Å². The van der Waals surface area contributed by atoms with Gasteiger partial charge in [0.1, 0.15) is 5.75 Å². The largest absolute Gasteiger partial charge is 0.507 e. The van der Waals surface area contributed by atoms with Crippen LogP contribution in [0.2, 0.25) is 0 Å². The van der Waals surface area contributed by atoms with E-state index in [0.717, 1.165) is 27.5 Å². The number of hydrogen-bond acceptors (Lipinski definition) is 3. The molecule has 0 saturated carbocycles. The fourth-order valence-electron chi connectivity index (χ4n) is 2.72. The Morgan fingerprint density at radius 2 is 1.26 bits per heavy atom. The number of nitrogens with zero attached hydrogens (tertiary/aromatic N) is 2. The van der Waals surface area contributed by atoms with Gasteiger partial charge in [-0.3, -0.25) is 0 Å². The first kappa shape index (κ1) is 13.5. The predicted molar refractivity (Wildman–Crippen MR) is 92.1 cm³/mol. The number of phenolic OH excluding ortho intramolecular Hbond substituents is 1. The van der Waals surface area contributed by atoms with E-state index in [1.807, 2.05) is 73.1 Å². The minimum atomic E-state index is 0.269. The van der Waals surface area contributed by atoms with Gasteiger partial charge >= 0.3 is 0 Å². The molecule has 0 unspecified atom stereocenters. The average Bonchev–Trinajstić information content (AvgIpc) is 2.63. The molecule has 4 aromatic rings. The first-order chi connectivity index (χ1) is 11.3. The van der Waals surface area contributed by atoms with Crippen molar-refractivity contribution in [3.63, 3.8) is 0 Å². The summed E-state index contributed by atoms with van der Waals surface area (Å²) in [5.74, 6) is 0.922. The molecular weight excluding hydrogens is 284 g/mol. The third kappa shape index (κ3) is 2.42. The van der Waals surface area contributed by atoms with Gasteiger partial charge in [0.2, 0.25) is 0 Å². The van der Waals surface area contributed by atoms with E-state index >= 15 is 0 Å². The van der Waals surface area contributed by atoms with Crippen LogP contribution in [-0.2, 0) is 0 Å². The third-order valence-electron chi connectivity index (χ3n) is 3.90. The van der Waals surface area contributed by atoms with Crippen LogP contribution in [0.4, 0.5) is 0 Å². The summed E-state index contributed by atoms with van der Waals surface area (Å²) in [5, 5.41) is 11.7. The summed E-state index contributed by atoms with van der Waals surface area (Å²) in [6.45, 7) is 0. The molecule has 0 aliphatic heterocycles. The monoisotopic (exact) mass is 298 g/mol. The highest BCUT2D eigenvalue weighted by Gasteiger charge is 2.09. The lowest BCUT2D eigenvalue weighted by atomic mass is 10.0. The molecule has 3 heteroatoms. The van der Waals surface area contributed by atoms with E-state index < -0.39 is 0 Å². The Labute approximate surface area is 133 Å². The Bertz CT molecular complexity index is 964. The fraction of sp³-hybridized carbons (Fsp3) is 0. The maximum atomic E-state index is 9.99. The topological polar surface area (TPSA) is 46.0 Å². The lowest BCUT2D eigenvalue weighted by molar-refractivity contribution is 0.481. The summed E-state index contributed by atoms with van der Waals surface area (Å²) in [6, 6.07) is 21.3. The zero-order valence-electron chi connectivity index (χ0n) is 12.3. The van der Waals surface area contributed by atoms with Gasteiger partial charge in [0.15, 0.2) is 5.82 Å². The smallest absolute Gasteiger partial charge is 0.159 e. The minimum absolute atomic E-state index is 0.269. The molecule has 110 valence electrons. The van der Waals surface area contributed by atoms with Gasteiger partial charge in [-0.1, -0.05) is 54.6 Å². The van der Waals surface area contributed by atoms with Crippen LogP contribution in [0.3, 0.4) is 0 Å². The highest BCUT2D eigenvalue weighted by atomic mass is 16.3. The van der Waals surface area contributed by atoms with Crippen LogP contribution in [0.5, 0.6) is 5.75 Å². The van der Waals surface area contributed by atoms with Crippen LogP contribution in [-0.4, -0.2) is 15.1 Å². The number of aromatic nitrogens is 2. The fourth-order valence-corrected chi connectivity index (χ4v) is 2.72. The second-order valence-corrected chi connectivity index (χ2v) is 5.34. The molecule has 0 saturated heterocycles. The molecule has 1 heterocycles. The third-order valence-corrected chi connectivity index (χ3v) is 3.90. The van der Waals surface area contributed by atoms with Gasteiger partial charge in [-0.15, -0.1) is 0 Å². The summed E-state index contributed by atoms with van der Waals surface area (Å²) in [5.41, 5.74) is 2.99. The second-order valence-electron chi connectivity index (χ2n) is 5.34. The lowest BCUT2D eigenvalue weighted by Gasteiger charge is -2.08. The quantitative estimate of drug-likeness (QED) is 0.585. The van der Waals surface area contributed by atoms with Gasteiger partial charge in [0.05, 0.1) is 0 Å². The molecule has 4 rings (SSSR count). The Hall–Kier alpha value is -3.20. The number of hydrogen-bond donors (Lipinski definition) is 1. The van der Waals surface area contributed by atoms with Crippen molar-refractivity contribution >= 4 is 10.8 Å². The molecule has 0 amide bonds. The van der Waals surface area contributed by atoms with E-state index in [0.29, 0.717) is 5.82 Å². The van der Waals surface area contributed by atoms with E-state index in [-0.39, 0.29) is 5.75 Å². The van der Waals surface area contributed by atoms with Crippen molar-refractivity contribution < 1.29 is 5.11 Å². The highest BCUT2D eigenvalue weighted by molar-refractivity contribution is 5.98. The van der Waals surface area contributed by atoms with Gasteiger partial charge in [0.25, 0.3) is 0 Å². The summed E-state index contributed by atoms with van der Waals surface area (Å²) in [4.78, 5) is 9.02. The molecule has 0 aliphatic rings. The van der Waals surface area contributed by atoms with Gasteiger partial charge in [0, 0.05) is 28.9 Å². The van der Waals surface area contributed by atoms with Crippen molar-refractivity contribution in [2.75, 3.05) is 0 Å². The zero-order chi connectivity index (χ0) is 15.6. The Morgan fingerprint density at radius 1 is 0.609 bits per heavy atom. The van der Waals surface area contributed by atoms with E-state index in [4.69, 9.17) is 0 Å². The van der Waals surface area contributed by atoms with Crippen LogP contribution in [0.1, 0.15) is 0 Å². The summed E-state index contributed by atoms with van der Waals surface area (Å²) in [6.07, 6.45) is 3.67. The number of benzene rings is 3. The minimum Gasteiger partial charge on any atom is -0.507 e. The molecule has 1 aromatic heterocycles. The maximum absolute atomic E-state index is 9.99. The van der Waals surface area contributed by atoms with Crippen molar-refractivity contribution in [2.24, 2.45) is 0 Å². The van der Waals surface area contributed by atoms with Gasteiger partial charge in [-0.2, -0.15) is 0 Å². The maximum Gasteiger partial charge on any atom is 0.159 e. The van der Waals surface area contributed by atoms with Crippen molar-refractivity contribution in [3.05, 3.63) is 79.1 Å². The van der Waals surface area contributed by atoms with Crippen molar-refractivity contribution in [2.45, 2.75) is 0 Å². The predicted octanol–water partition coefficient (Wildman–Crippen LogP) is 4.67. The van der Waals surface area contributed by atoms with Crippen LogP contribution in [0, 0.1) is 0 Å². The van der Waals surface area contributed by atoms with E-state index in [2.05, 4.69) is 9.97 Å². The van der Waals surface area contributed by atoms with Crippen molar-refractivity contribution in [1.82, 2.24) is 9.97 Å². The Kier molecular flexibility index (Phi) is 3.24. The molecule has 0 spiro atoms. The Morgan fingerprint density at radius 3 is 2.00 bits per heavy atom. The molecule has 0 atom stereocenters. The normalized spacial score (nSPS) is 10.8.